The monoisotopic (exact) mass is 258 g/mol. The van der Waals surface area contributed by atoms with E-state index in [2.05, 4.69) is 5.32 Å². The fourth-order valence-electron chi connectivity index (χ4n) is 1.68. The van der Waals surface area contributed by atoms with E-state index in [-0.39, 0.29) is 17.9 Å². The molecule has 0 rings (SSSR count). The minimum absolute atomic E-state index is 0.108. The van der Waals surface area contributed by atoms with Crippen LogP contribution < -0.4 is 5.32 Å². The van der Waals surface area contributed by atoms with Crippen molar-refractivity contribution < 1.29 is 14.3 Å². The minimum atomic E-state index is -0.202. The molecule has 0 aromatic carbocycles. The second kappa shape index (κ2) is 9.88. The van der Waals surface area contributed by atoms with E-state index < -0.39 is 0 Å². The van der Waals surface area contributed by atoms with Crippen LogP contribution in [0.3, 0.4) is 0 Å². The molecule has 1 atom stereocenters. The molecule has 0 heterocycles. The van der Waals surface area contributed by atoms with E-state index in [0.717, 1.165) is 13.1 Å². The summed E-state index contributed by atoms with van der Waals surface area (Å²) in [6.07, 6.45) is 1.09. The van der Waals surface area contributed by atoms with Crippen LogP contribution in [0.2, 0.25) is 0 Å². The number of rotatable bonds is 9. The number of carbonyl (C=O) groups is 2. The van der Waals surface area contributed by atoms with Crippen LogP contribution in [0.5, 0.6) is 0 Å². The van der Waals surface area contributed by atoms with Crippen molar-refractivity contribution in [1.29, 1.82) is 0 Å². The molecule has 1 amide bonds. The maximum atomic E-state index is 11.9. The van der Waals surface area contributed by atoms with Crippen LogP contribution >= 0.6 is 0 Å². The number of esters is 1. The normalized spacial score (nSPS) is 12.0. The standard InChI is InChI=1S/C13H26N2O3/c1-5-15(6-2)13(17)11(4)14-10-8-9-12(16)18-7-3/h11,14H,5-10H2,1-4H3. The Kier molecular flexibility index (Phi) is 9.28. The third-order valence-corrected chi connectivity index (χ3v) is 2.76. The van der Waals surface area contributed by atoms with Gasteiger partial charge in [-0.2, -0.15) is 0 Å². The van der Waals surface area contributed by atoms with E-state index in [9.17, 15) is 9.59 Å². The van der Waals surface area contributed by atoms with Crippen molar-refractivity contribution in [2.24, 2.45) is 0 Å². The Morgan fingerprint density at radius 3 is 2.33 bits per heavy atom. The summed E-state index contributed by atoms with van der Waals surface area (Å²) in [6, 6.07) is -0.202. The van der Waals surface area contributed by atoms with Gasteiger partial charge in [0.2, 0.25) is 5.91 Å². The molecule has 106 valence electrons. The molecule has 0 aromatic heterocycles. The highest BCUT2D eigenvalue weighted by atomic mass is 16.5. The summed E-state index contributed by atoms with van der Waals surface area (Å²) in [5.74, 6) is -0.0712. The first-order chi connectivity index (χ1) is 8.56. The van der Waals surface area contributed by atoms with Crippen molar-refractivity contribution in [3.63, 3.8) is 0 Å². The number of nitrogens with zero attached hydrogens (tertiary/aromatic N) is 1. The highest BCUT2D eigenvalue weighted by molar-refractivity contribution is 5.81. The van der Waals surface area contributed by atoms with Gasteiger partial charge < -0.3 is 15.0 Å². The molecule has 18 heavy (non-hydrogen) atoms. The highest BCUT2D eigenvalue weighted by Crippen LogP contribution is 1.96. The quantitative estimate of drug-likeness (QED) is 0.498. The van der Waals surface area contributed by atoms with Gasteiger partial charge >= 0.3 is 5.97 Å². The van der Waals surface area contributed by atoms with Gasteiger partial charge in [0.1, 0.15) is 0 Å². The number of nitrogens with one attached hydrogen (secondary N) is 1. The van der Waals surface area contributed by atoms with Gasteiger partial charge in [0.25, 0.3) is 0 Å². The largest absolute Gasteiger partial charge is 0.466 e. The third kappa shape index (κ3) is 6.59. The first kappa shape index (κ1) is 16.9. The Balaban J connectivity index is 3.79. The molecule has 0 saturated heterocycles. The summed E-state index contributed by atoms with van der Waals surface area (Å²) in [7, 11) is 0. The lowest BCUT2D eigenvalue weighted by Gasteiger charge is -2.23. The number of hydrogen-bond donors (Lipinski definition) is 1. The van der Waals surface area contributed by atoms with Crippen molar-refractivity contribution >= 4 is 11.9 Å². The maximum absolute atomic E-state index is 11.9. The van der Waals surface area contributed by atoms with Gasteiger partial charge in [-0.25, -0.2) is 0 Å². The topological polar surface area (TPSA) is 58.6 Å². The van der Waals surface area contributed by atoms with Crippen LogP contribution in [-0.2, 0) is 14.3 Å². The molecular formula is C13H26N2O3. The summed E-state index contributed by atoms with van der Waals surface area (Å²) < 4.78 is 4.83. The van der Waals surface area contributed by atoms with Crippen molar-refractivity contribution in [3.05, 3.63) is 0 Å². The SMILES string of the molecule is CCOC(=O)CCCNC(C)C(=O)N(CC)CC. The van der Waals surface area contributed by atoms with Gasteiger partial charge in [-0.15, -0.1) is 0 Å². The summed E-state index contributed by atoms with van der Waals surface area (Å²) in [5.41, 5.74) is 0. The van der Waals surface area contributed by atoms with Crippen LogP contribution in [0.4, 0.5) is 0 Å². The zero-order valence-corrected chi connectivity index (χ0v) is 12.0. The number of ether oxygens (including phenoxy) is 1. The van der Waals surface area contributed by atoms with Crippen LogP contribution in [0.25, 0.3) is 0 Å². The summed E-state index contributed by atoms with van der Waals surface area (Å²) in [5, 5.41) is 3.13. The number of carbonyl (C=O) groups excluding carboxylic acids is 2. The lowest BCUT2D eigenvalue weighted by molar-refractivity contribution is -0.143. The molecule has 5 heteroatoms. The van der Waals surface area contributed by atoms with Gasteiger partial charge in [-0.3, -0.25) is 9.59 Å². The highest BCUT2D eigenvalue weighted by Gasteiger charge is 2.17. The zero-order chi connectivity index (χ0) is 14.0. The van der Waals surface area contributed by atoms with Crippen LogP contribution in [0.15, 0.2) is 0 Å². The molecule has 0 radical (unpaired) electrons. The predicted octanol–water partition coefficient (Wildman–Crippen LogP) is 1.18. The summed E-state index contributed by atoms with van der Waals surface area (Å²) >= 11 is 0. The Morgan fingerprint density at radius 1 is 1.22 bits per heavy atom. The predicted molar refractivity (Wildman–Crippen MR) is 71.3 cm³/mol. The molecule has 1 unspecified atom stereocenters. The molecule has 0 saturated carbocycles. The van der Waals surface area contributed by atoms with E-state index in [0.29, 0.717) is 26.0 Å². The molecule has 0 aliphatic heterocycles. The summed E-state index contributed by atoms with van der Waals surface area (Å²) in [6.45, 7) is 10.1. The van der Waals surface area contributed by atoms with Gasteiger partial charge in [-0.1, -0.05) is 0 Å². The Bertz CT molecular complexity index is 253. The Morgan fingerprint density at radius 2 is 1.83 bits per heavy atom. The van der Waals surface area contributed by atoms with Crippen molar-refractivity contribution in [3.8, 4) is 0 Å². The number of amides is 1. The molecular weight excluding hydrogens is 232 g/mol. The minimum Gasteiger partial charge on any atom is -0.466 e. The maximum Gasteiger partial charge on any atom is 0.305 e. The fraction of sp³-hybridized carbons (Fsp3) is 0.846. The molecule has 0 bridgehead atoms. The van der Waals surface area contributed by atoms with Crippen LogP contribution in [0.1, 0.15) is 40.5 Å². The smallest absolute Gasteiger partial charge is 0.305 e. The first-order valence-corrected chi connectivity index (χ1v) is 6.74. The molecule has 0 aliphatic rings. The van der Waals surface area contributed by atoms with Crippen molar-refractivity contribution in [2.75, 3.05) is 26.2 Å². The molecule has 0 fully saturated rings. The number of hydrogen-bond acceptors (Lipinski definition) is 4. The lowest BCUT2D eigenvalue weighted by Crippen LogP contribution is -2.45. The summed E-state index contributed by atoms with van der Waals surface area (Å²) in [4.78, 5) is 24.8. The molecule has 5 nitrogen and oxygen atoms in total. The first-order valence-electron chi connectivity index (χ1n) is 6.74. The van der Waals surface area contributed by atoms with E-state index in [1.807, 2.05) is 20.8 Å². The van der Waals surface area contributed by atoms with E-state index in [1.165, 1.54) is 0 Å². The Labute approximate surface area is 110 Å². The molecule has 1 N–H and O–H groups in total. The van der Waals surface area contributed by atoms with Crippen molar-refractivity contribution in [2.45, 2.75) is 46.6 Å². The average molecular weight is 258 g/mol. The molecule has 0 aliphatic carbocycles. The van der Waals surface area contributed by atoms with Gasteiger partial charge in [-0.05, 0) is 40.7 Å². The third-order valence-electron chi connectivity index (χ3n) is 2.76. The molecule has 0 aromatic rings. The Hall–Kier alpha value is -1.10. The van der Waals surface area contributed by atoms with E-state index in [4.69, 9.17) is 4.74 Å². The number of likely N-dealkylation sites (N-methyl/N-ethyl adjacent to an activating group) is 1. The average Bonchev–Trinajstić information content (AvgIpc) is 2.36. The van der Waals surface area contributed by atoms with E-state index in [1.54, 1.807) is 11.8 Å². The van der Waals surface area contributed by atoms with Gasteiger partial charge in [0.15, 0.2) is 0 Å². The second-order valence-corrected chi connectivity index (χ2v) is 4.09. The lowest BCUT2D eigenvalue weighted by atomic mass is 10.2. The van der Waals surface area contributed by atoms with Gasteiger partial charge in [0, 0.05) is 19.5 Å². The van der Waals surface area contributed by atoms with Crippen LogP contribution in [-0.4, -0.2) is 49.1 Å². The van der Waals surface area contributed by atoms with Crippen LogP contribution in [0, 0.1) is 0 Å². The van der Waals surface area contributed by atoms with Gasteiger partial charge in [0.05, 0.1) is 12.6 Å². The van der Waals surface area contributed by atoms with Crippen molar-refractivity contribution in [1.82, 2.24) is 10.2 Å². The second-order valence-electron chi connectivity index (χ2n) is 4.09. The zero-order valence-electron chi connectivity index (χ0n) is 12.0. The fourth-order valence-corrected chi connectivity index (χ4v) is 1.68. The molecule has 0 spiro atoms. The van der Waals surface area contributed by atoms with E-state index >= 15 is 0 Å².